The first kappa shape index (κ1) is 17.8. The van der Waals surface area contributed by atoms with E-state index < -0.39 is 15.9 Å². The summed E-state index contributed by atoms with van der Waals surface area (Å²) < 4.78 is 26.0. The number of rotatable bonds is 6. The normalized spacial score (nSPS) is 14.2. The number of aromatic nitrogens is 1. The Hall–Kier alpha value is -3.00. The molecule has 1 saturated carbocycles. The molecule has 2 N–H and O–H groups in total. The number of benzene rings is 1. The molecule has 1 heterocycles. The van der Waals surface area contributed by atoms with Crippen molar-refractivity contribution in [1.82, 2.24) is 15.0 Å². The van der Waals surface area contributed by atoms with E-state index in [0.29, 0.717) is 11.1 Å². The number of nitrogens with zero attached hydrogens (tertiary/aromatic N) is 1. The monoisotopic (exact) mass is 371 g/mol. The van der Waals surface area contributed by atoms with Crippen LogP contribution in [0.25, 0.3) is 6.08 Å². The summed E-state index contributed by atoms with van der Waals surface area (Å²) in [6, 6.07) is 9.77. The fourth-order valence-electron chi connectivity index (χ4n) is 2.15. The van der Waals surface area contributed by atoms with Gasteiger partial charge in [0.2, 0.25) is 0 Å². The minimum absolute atomic E-state index is 0.0900. The van der Waals surface area contributed by atoms with Gasteiger partial charge in [-0.15, -0.1) is 0 Å². The van der Waals surface area contributed by atoms with Crippen molar-refractivity contribution in [2.24, 2.45) is 0 Å². The van der Waals surface area contributed by atoms with Crippen LogP contribution < -0.4 is 10.0 Å². The number of hydrogen-bond donors (Lipinski definition) is 2. The Morgan fingerprint density at radius 2 is 1.85 bits per heavy atom. The molecule has 0 atom stereocenters. The number of amides is 2. The summed E-state index contributed by atoms with van der Waals surface area (Å²) in [7, 11) is -3.95. The first-order valence-corrected chi connectivity index (χ1v) is 9.48. The Kier molecular flexibility index (Phi) is 5.13. The zero-order valence-corrected chi connectivity index (χ0v) is 14.6. The van der Waals surface area contributed by atoms with Crippen LogP contribution in [-0.2, 0) is 14.8 Å². The topological polar surface area (TPSA) is 105 Å². The van der Waals surface area contributed by atoms with Crippen LogP contribution in [0.5, 0.6) is 0 Å². The second-order valence-corrected chi connectivity index (χ2v) is 7.54. The Balaban J connectivity index is 1.60. The highest BCUT2D eigenvalue weighted by molar-refractivity contribution is 7.90. The van der Waals surface area contributed by atoms with E-state index in [-0.39, 0.29) is 16.8 Å². The molecule has 0 saturated heterocycles. The fraction of sp³-hybridized carbons (Fsp3) is 0.167. The van der Waals surface area contributed by atoms with Gasteiger partial charge in [-0.3, -0.25) is 14.6 Å². The summed E-state index contributed by atoms with van der Waals surface area (Å²) in [4.78, 5) is 27.4. The molecular formula is C18H17N3O4S. The van der Waals surface area contributed by atoms with Gasteiger partial charge in [0.15, 0.2) is 0 Å². The van der Waals surface area contributed by atoms with Crippen molar-refractivity contribution in [3.63, 3.8) is 0 Å². The van der Waals surface area contributed by atoms with Gasteiger partial charge in [0, 0.05) is 30.1 Å². The molecule has 8 heteroatoms. The van der Waals surface area contributed by atoms with Crippen LogP contribution in [0.3, 0.4) is 0 Å². The molecule has 1 aromatic carbocycles. The minimum Gasteiger partial charge on any atom is -0.349 e. The number of hydrogen-bond acceptors (Lipinski definition) is 5. The van der Waals surface area contributed by atoms with E-state index in [4.69, 9.17) is 0 Å². The summed E-state index contributed by atoms with van der Waals surface area (Å²) in [6.07, 6.45) is 7.22. The van der Waals surface area contributed by atoms with E-state index in [0.717, 1.165) is 25.1 Å². The van der Waals surface area contributed by atoms with Crippen molar-refractivity contribution >= 4 is 27.9 Å². The third-order valence-corrected chi connectivity index (χ3v) is 5.02. The molecule has 26 heavy (non-hydrogen) atoms. The standard InChI is InChI=1S/C18H17N3O4S/c22-17(21-26(24,25)16-2-1-11-19-12-16)10-5-13-3-6-14(7-4-13)18(23)20-15-8-9-15/h1-7,10-12,15H,8-9H2,(H,20,23)(H,21,22). The number of sulfonamides is 1. The zero-order valence-electron chi connectivity index (χ0n) is 13.8. The third-order valence-electron chi connectivity index (χ3n) is 3.69. The van der Waals surface area contributed by atoms with E-state index in [1.807, 2.05) is 4.72 Å². The Bertz CT molecular complexity index is 934. The highest BCUT2D eigenvalue weighted by Crippen LogP contribution is 2.19. The first-order chi connectivity index (χ1) is 12.4. The summed E-state index contributed by atoms with van der Waals surface area (Å²) in [5, 5.41) is 2.89. The van der Waals surface area contributed by atoms with E-state index in [9.17, 15) is 18.0 Å². The molecule has 0 unspecified atom stereocenters. The SMILES string of the molecule is O=C(C=Cc1ccc(C(=O)NC2CC2)cc1)NS(=O)(=O)c1cccnc1. The quantitative estimate of drug-likeness (QED) is 0.749. The van der Waals surface area contributed by atoms with Crippen molar-refractivity contribution in [3.05, 3.63) is 66.0 Å². The molecule has 1 aliphatic carbocycles. The van der Waals surface area contributed by atoms with Crippen LogP contribution in [0, 0.1) is 0 Å². The van der Waals surface area contributed by atoms with Crippen molar-refractivity contribution in [1.29, 1.82) is 0 Å². The van der Waals surface area contributed by atoms with Crippen LogP contribution in [-0.4, -0.2) is 31.3 Å². The summed E-state index contributed by atoms with van der Waals surface area (Å²) in [5.41, 5.74) is 1.21. The maximum atomic E-state index is 12.0. The molecule has 3 rings (SSSR count). The molecule has 7 nitrogen and oxygen atoms in total. The lowest BCUT2D eigenvalue weighted by Gasteiger charge is -2.04. The Morgan fingerprint density at radius 1 is 1.12 bits per heavy atom. The number of nitrogens with one attached hydrogen (secondary N) is 2. The fourth-order valence-corrected chi connectivity index (χ4v) is 3.05. The highest BCUT2D eigenvalue weighted by atomic mass is 32.2. The van der Waals surface area contributed by atoms with Crippen LogP contribution in [0.4, 0.5) is 0 Å². The van der Waals surface area contributed by atoms with Gasteiger partial charge in [-0.1, -0.05) is 12.1 Å². The lowest BCUT2D eigenvalue weighted by Crippen LogP contribution is -2.29. The van der Waals surface area contributed by atoms with Gasteiger partial charge in [-0.05, 0) is 48.7 Å². The summed E-state index contributed by atoms with van der Waals surface area (Å²) in [5.74, 6) is -0.896. The number of carbonyl (C=O) groups excluding carboxylic acids is 2. The van der Waals surface area contributed by atoms with Gasteiger partial charge in [0.1, 0.15) is 4.90 Å². The Morgan fingerprint density at radius 3 is 2.46 bits per heavy atom. The average molecular weight is 371 g/mol. The van der Waals surface area contributed by atoms with Gasteiger partial charge >= 0.3 is 0 Å². The maximum absolute atomic E-state index is 12.0. The van der Waals surface area contributed by atoms with Gasteiger partial charge in [0.25, 0.3) is 21.8 Å². The van der Waals surface area contributed by atoms with E-state index in [2.05, 4.69) is 10.3 Å². The van der Waals surface area contributed by atoms with Crippen molar-refractivity contribution in [3.8, 4) is 0 Å². The first-order valence-electron chi connectivity index (χ1n) is 8.00. The lowest BCUT2D eigenvalue weighted by molar-refractivity contribution is -0.114. The second-order valence-electron chi connectivity index (χ2n) is 5.86. The average Bonchev–Trinajstić information content (AvgIpc) is 3.45. The van der Waals surface area contributed by atoms with Crippen molar-refractivity contribution in [2.75, 3.05) is 0 Å². The van der Waals surface area contributed by atoms with Crippen LogP contribution in [0.2, 0.25) is 0 Å². The van der Waals surface area contributed by atoms with Gasteiger partial charge in [-0.2, -0.15) is 0 Å². The summed E-state index contributed by atoms with van der Waals surface area (Å²) >= 11 is 0. The molecule has 134 valence electrons. The molecule has 1 fully saturated rings. The third kappa shape index (κ3) is 4.76. The van der Waals surface area contributed by atoms with Crippen LogP contribution in [0.15, 0.2) is 59.8 Å². The predicted molar refractivity (Wildman–Crippen MR) is 95.5 cm³/mol. The molecule has 0 radical (unpaired) electrons. The van der Waals surface area contributed by atoms with Crippen LogP contribution in [0.1, 0.15) is 28.8 Å². The van der Waals surface area contributed by atoms with Crippen LogP contribution >= 0.6 is 0 Å². The second kappa shape index (κ2) is 7.49. The Labute approximate surface area is 151 Å². The van der Waals surface area contributed by atoms with Crippen molar-refractivity contribution in [2.45, 2.75) is 23.8 Å². The zero-order chi connectivity index (χ0) is 18.6. The minimum atomic E-state index is -3.95. The van der Waals surface area contributed by atoms with E-state index >= 15 is 0 Å². The molecule has 1 aliphatic rings. The van der Waals surface area contributed by atoms with E-state index in [1.165, 1.54) is 24.4 Å². The predicted octanol–water partition coefficient (Wildman–Crippen LogP) is 1.49. The molecule has 1 aromatic heterocycles. The summed E-state index contributed by atoms with van der Waals surface area (Å²) in [6.45, 7) is 0. The lowest BCUT2D eigenvalue weighted by atomic mass is 10.1. The molecule has 0 bridgehead atoms. The molecule has 0 aliphatic heterocycles. The van der Waals surface area contributed by atoms with Gasteiger partial charge in [0.05, 0.1) is 0 Å². The number of pyridine rings is 1. The largest absolute Gasteiger partial charge is 0.349 e. The van der Waals surface area contributed by atoms with Gasteiger partial charge < -0.3 is 5.32 Å². The highest BCUT2D eigenvalue weighted by Gasteiger charge is 2.23. The van der Waals surface area contributed by atoms with E-state index in [1.54, 1.807) is 24.3 Å². The molecular weight excluding hydrogens is 354 g/mol. The smallest absolute Gasteiger partial charge is 0.265 e. The maximum Gasteiger partial charge on any atom is 0.265 e. The molecule has 2 aromatic rings. The molecule has 0 spiro atoms. The molecule has 2 amide bonds. The van der Waals surface area contributed by atoms with Crippen molar-refractivity contribution < 1.29 is 18.0 Å². The van der Waals surface area contributed by atoms with Gasteiger partial charge in [-0.25, -0.2) is 13.1 Å². The number of carbonyl (C=O) groups is 2.